The lowest BCUT2D eigenvalue weighted by atomic mass is 9.76. The van der Waals surface area contributed by atoms with E-state index in [4.69, 9.17) is 10.5 Å². The minimum Gasteiger partial charge on any atom is -0.488 e. The zero-order valence-corrected chi connectivity index (χ0v) is 12.1. The van der Waals surface area contributed by atoms with Gasteiger partial charge in [-0.15, -0.1) is 0 Å². The first kappa shape index (κ1) is 12.7. The summed E-state index contributed by atoms with van der Waals surface area (Å²) >= 11 is 3.44. The van der Waals surface area contributed by atoms with Crippen LogP contribution in [0.5, 0.6) is 5.75 Å². The van der Waals surface area contributed by atoms with E-state index >= 15 is 0 Å². The van der Waals surface area contributed by atoms with Crippen molar-refractivity contribution in [3.05, 3.63) is 22.7 Å². The molecule has 0 atom stereocenters. The van der Waals surface area contributed by atoms with Crippen LogP contribution < -0.4 is 10.5 Å². The Morgan fingerprint density at radius 3 is 2.59 bits per heavy atom. The molecular weight excluding hydrogens is 278 g/mol. The van der Waals surface area contributed by atoms with Gasteiger partial charge in [-0.05, 0) is 49.3 Å². The van der Waals surface area contributed by atoms with Crippen LogP contribution in [0, 0.1) is 5.41 Å². The van der Waals surface area contributed by atoms with Gasteiger partial charge < -0.3 is 10.5 Å². The first-order chi connectivity index (χ1) is 7.96. The van der Waals surface area contributed by atoms with Crippen molar-refractivity contribution in [2.45, 2.75) is 45.6 Å². The summed E-state index contributed by atoms with van der Waals surface area (Å²) in [6.07, 6.45) is 5.02. The summed E-state index contributed by atoms with van der Waals surface area (Å²) in [4.78, 5) is 0. The summed E-state index contributed by atoms with van der Waals surface area (Å²) in [7, 11) is 0. The standard InChI is InChI=1S/C14H20BrNO/c1-14(2)7-5-11(6-8-14)17-13-9-10(15)3-4-12(13)16/h3-4,9,11H,5-8,16H2,1-2H3. The molecule has 0 unspecified atom stereocenters. The Kier molecular flexibility index (Phi) is 3.67. The van der Waals surface area contributed by atoms with Crippen LogP contribution in [0.15, 0.2) is 22.7 Å². The molecule has 0 aromatic heterocycles. The topological polar surface area (TPSA) is 35.2 Å². The monoisotopic (exact) mass is 297 g/mol. The van der Waals surface area contributed by atoms with Crippen LogP contribution in [0.25, 0.3) is 0 Å². The van der Waals surface area contributed by atoms with Gasteiger partial charge in [0.25, 0.3) is 0 Å². The molecule has 94 valence electrons. The molecule has 0 bridgehead atoms. The molecule has 1 saturated carbocycles. The fourth-order valence-corrected chi connectivity index (χ4v) is 2.62. The van der Waals surface area contributed by atoms with Gasteiger partial charge in [0.05, 0.1) is 11.8 Å². The van der Waals surface area contributed by atoms with E-state index in [2.05, 4.69) is 29.8 Å². The zero-order valence-electron chi connectivity index (χ0n) is 10.5. The number of halogens is 1. The van der Waals surface area contributed by atoms with Crippen LogP contribution in [-0.2, 0) is 0 Å². The zero-order chi connectivity index (χ0) is 12.5. The normalized spacial score (nSPS) is 20.2. The van der Waals surface area contributed by atoms with E-state index in [0.29, 0.717) is 11.5 Å². The number of benzene rings is 1. The number of nitrogens with two attached hydrogens (primary N) is 1. The maximum atomic E-state index is 6.01. The van der Waals surface area contributed by atoms with Crippen LogP contribution in [-0.4, -0.2) is 6.10 Å². The number of rotatable bonds is 2. The molecular formula is C14H20BrNO. The Morgan fingerprint density at radius 1 is 1.29 bits per heavy atom. The average molecular weight is 298 g/mol. The van der Waals surface area contributed by atoms with E-state index in [9.17, 15) is 0 Å². The van der Waals surface area contributed by atoms with Crippen LogP contribution in [0.2, 0.25) is 0 Å². The van der Waals surface area contributed by atoms with Crippen molar-refractivity contribution >= 4 is 21.6 Å². The second kappa shape index (κ2) is 4.89. The van der Waals surface area contributed by atoms with Gasteiger partial charge in [0.15, 0.2) is 0 Å². The number of nitrogen functional groups attached to an aromatic ring is 1. The van der Waals surface area contributed by atoms with Crippen LogP contribution in [0.1, 0.15) is 39.5 Å². The Hall–Kier alpha value is -0.700. The van der Waals surface area contributed by atoms with Gasteiger partial charge in [-0.2, -0.15) is 0 Å². The third kappa shape index (κ3) is 3.38. The molecule has 1 aliphatic rings. The fraction of sp³-hybridized carbons (Fsp3) is 0.571. The maximum Gasteiger partial charge on any atom is 0.143 e. The highest BCUT2D eigenvalue weighted by atomic mass is 79.9. The smallest absolute Gasteiger partial charge is 0.143 e. The molecule has 0 saturated heterocycles. The molecule has 1 aliphatic carbocycles. The van der Waals surface area contributed by atoms with Crippen LogP contribution >= 0.6 is 15.9 Å². The predicted octanol–water partition coefficient (Wildman–Crippen LogP) is 4.38. The summed E-state index contributed by atoms with van der Waals surface area (Å²) in [6.45, 7) is 4.66. The third-order valence-electron chi connectivity index (χ3n) is 3.56. The number of anilines is 1. The van der Waals surface area contributed by atoms with E-state index in [1.165, 1.54) is 12.8 Å². The number of ether oxygens (including phenoxy) is 1. The highest BCUT2D eigenvalue weighted by Gasteiger charge is 2.28. The lowest BCUT2D eigenvalue weighted by molar-refractivity contribution is 0.0993. The maximum absolute atomic E-state index is 6.01. The Bertz CT molecular complexity index is 393. The van der Waals surface area contributed by atoms with Gasteiger partial charge >= 0.3 is 0 Å². The highest BCUT2D eigenvalue weighted by Crippen LogP contribution is 2.37. The van der Waals surface area contributed by atoms with Gasteiger partial charge in [0, 0.05) is 4.47 Å². The lowest BCUT2D eigenvalue weighted by Gasteiger charge is -2.34. The second-order valence-corrected chi connectivity index (χ2v) is 6.58. The molecule has 0 amide bonds. The number of hydrogen-bond acceptors (Lipinski definition) is 2. The van der Waals surface area contributed by atoms with E-state index in [0.717, 1.165) is 28.8 Å². The van der Waals surface area contributed by atoms with E-state index < -0.39 is 0 Å². The summed E-state index contributed by atoms with van der Waals surface area (Å²) in [5.74, 6) is 0.809. The summed E-state index contributed by atoms with van der Waals surface area (Å²) in [5.41, 5.74) is 7.11. The van der Waals surface area contributed by atoms with Crippen LogP contribution in [0.3, 0.4) is 0 Å². The highest BCUT2D eigenvalue weighted by molar-refractivity contribution is 9.10. The molecule has 2 N–H and O–H groups in total. The summed E-state index contributed by atoms with van der Waals surface area (Å²) in [5, 5.41) is 0. The van der Waals surface area contributed by atoms with Gasteiger partial charge in [0.1, 0.15) is 5.75 Å². The molecule has 0 spiro atoms. The van der Waals surface area contributed by atoms with Crippen molar-refractivity contribution in [3.8, 4) is 5.75 Å². The molecule has 1 aromatic rings. The van der Waals surface area contributed by atoms with Crippen LogP contribution in [0.4, 0.5) is 5.69 Å². The quantitative estimate of drug-likeness (QED) is 0.822. The Morgan fingerprint density at radius 2 is 1.94 bits per heavy atom. The molecule has 0 aliphatic heterocycles. The lowest BCUT2D eigenvalue weighted by Crippen LogP contribution is -2.28. The van der Waals surface area contributed by atoms with Crippen molar-refractivity contribution in [2.75, 3.05) is 5.73 Å². The molecule has 0 heterocycles. The molecule has 2 nitrogen and oxygen atoms in total. The van der Waals surface area contributed by atoms with Crippen molar-refractivity contribution < 1.29 is 4.74 Å². The van der Waals surface area contributed by atoms with Crippen molar-refractivity contribution in [2.24, 2.45) is 5.41 Å². The van der Waals surface area contributed by atoms with Gasteiger partial charge in [0.2, 0.25) is 0 Å². The Balaban J connectivity index is 2.00. The molecule has 3 heteroatoms. The molecule has 0 radical (unpaired) electrons. The molecule has 1 fully saturated rings. The minimum atomic E-state index is 0.319. The molecule has 17 heavy (non-hydrogen) atoms. The minimum absolute atomic E-state index is 0.319. The Labute approximate surface area is 112 Å². The fourth-order valence-electron chi connectivity index (χ4n) is 2.28. The van der Waals surface area contributed by atoms with Crippen molar-refractivity contribution in [3.63, 3.8) is 0 Å². The SMILES string of the molecule is CC1(C)CCC(Oc2cc(Br)ccc2N)CC1. The van der Waals surface area contributed by atoms with Gasteiger partial charge in [-0.25, -0.2) is 0 Å². The predicted molar refractivity (Wildman–Crippen MR) is 75.2 cm³/mol. The summed E-state index contributed by atoms with van der Waals surface area (Å²) < 4.78 is 7.02. The number of hydrogen-bond donors (Lipinski definition) is 1. The van der Waals surface area contributed by atoms with Gasteiger partial charge in [-0.3, -0.25) is 0 Å². The van der Waals surface area contributed by atoms with E-state index in [-0.39, 0.29) is 0 Å². The third-order valence-corrected chi connectivity index (χ3v) is 4.05. The van der Waals surface area contributed by atoms with E-state index in [1.54, 1.807) is 0 Å². The average Bonchev–Trinajstić information content (AvgIpc) is 2.26. The van der Waals surface area contributed by atoms with Gasteiger partial charge in [-0.1, -0.05) is 29.8 Å². The second-order valence-electron chi connectivity index (χ2n) is 5.66. The van der Waals surface area contributed by atoms with Crippen molar-refractivity contribution in [1.29, 1.82) is 0 Å². The largest absolute Gasteiger partial charge is 0.488 e. The summed E-state index contributed by atoms with van der Waals surface area (Å²) in [6, 6.07) is 5.77. The first-order valence-electron chi connectivity index (χ1n) is 6.18. The van der Waals surface area contributed by atoms with Crippen molar-refractivity contribution in [1.82, 2.24) is 0 Å². The van der Waals surface area contributed by atoms with E-state index in [1.807, 2.05) is 18.2 Å². The molecule has 2 rings (SSSR count). The first-order valence-corrected chi connectivity index (χ1v) is 6.97. The molecule has 1 aromatic carbocycles.